The number of halogens is 2. The highest BCUT2D eigenvalue weighted by atomic mass is 19.3. The molecule has 0 unspecified atom stereocenters. The number of nitrogens with zero attached hydrogens (tertiary/aromatic N) is 2. The van der Waals surface area contributed by atoms with Crippen LogP contribution in [-0.4, -0.2) is 65.4 Å². The van der Waals surface area contributed by atoms with Crippen molar-refractivity contribution in [2.75, 3.05) is 26.2 Å². The highest BCUT2D eigenvalue weighted by Crippen LogP contribution is 2.23. The Kier molecular flexibility index (Phi) is 7.33. The van der Waals surface area contributed by atoms with E-state index in [2.05, 4.69) is 21.0 Å². The number of carbonyl (C=O) groups is 1. The summed E-state index contributed by atoms with van der Waals surface area (Å²) in [5.74, 6) is 0.578. The Balaban J connectivity index is 1.29. The molecule has 2 saturated heterocycles. The van der Waals surface area contributed by atoms with Gasteiger partial charge in [0.05, 0.1) is 12.2 Å². The Morgan fingerprint density at radius 3 is 2.78 bits per heavy atom. The maximum absolute atomic E-state index is 12.7. The summed E-state index contributed by atoms with van der Waals surface area (Å²) in [6.07, 6.45) is 3.36. The molecule has 2 aliphatic rings. The quantitative estimate of drug-likeness (QED) is 0.491. The van der Waals surface area contributed by atoms with Gasteiger partial charge in [0.2, 0.25) is 0 Å². The first-order valence-corrected chi connectivity index (χ1v) is 11.0. The number of aliphatic hydroxyl groups is 1. The molecule has 2 fully saturated rings. The smallest absolute Gasteiger partial charge is 0.407 e. The number of alkyl carbamates (subject to hydrolysis) is 1. The molecule has 4 rings (SSSR count). The number of benzene rings is 1. The van der Waals surface area contributed by atoms with Crippen molar-refractivity contribution in [3.63, 3.8) is 0 Å². The van der Waals surface area contributed by atoms with E-state index < -0.39 is 24.9 Å². The maximum atomic E-state index is 12.7. The summed E-state index contributed by atoms with van der Waals surface area (Å²) >= 11 is 0. The number of hydrogen-bond donors (Lipinski definition) is 4. The van der Waals surface area contributed by atoms with Crippen LogP contribution in [0.1, 0.15) is 25.0 Å². The second-order valence-electron chi connectivity index (χ2n) is 8.41. The molecule has 10 heteroatoms. The van der Waals surface area contributed by atoms with Crippen LogP contribution in [0, 0.1) is 5.92 Å². The van der Waals surface area contributed by atoms with Crippen LogP contribution < -0.4 is 16.0 Å². The first-order valence-electron chi connectivity index (χ1n) is 11.0. The van der Waals surface area contributed by atoms with Gasteiger partial charge >= 0.3 is 12.6 Å². The summed E-state index contributed by atoms with van der Waals surface area (Å²) in [6.45, 7) is 0.238. The molecule has 8 nitrogen and oxygen atoms in total. The molecule has 174 valence electrons. The van der Waals surface area contributed by atoms with Crippen LogP contribution in [0.25, 0.3) is 11.1 Å². The van der Waals surface area contributed by atoms with E-state index >= 15 is 0 Å². The van der Waals surface area contributed by atoms with Gasteiger partial charge in [-0.25, -0.2) is 9.48 Å². The van der Waals surface area contributed by atoms with Gasteiger partial charge in [0.25, 0.3) is 0 Å². The van der Waals surface area contributed by atoms with E-state index in [1.807, 2.05) is 24.3 Å². The summed E-state index contributed by atoms with van der Waals surface area (Å²) in [4.78, 5) is 12.2. The van der Waals surface area contributed by atoms with Gasteiger partial charge in [0.1, 0.15) is 12.2 Å². The summed E-state index contributed by atoms with van der Waals surface area (Å²) in [5.41, 5.74) is 2.37. The largest absolute Gasteiger partial charge is 0.442 e. The Labute approximate surface area is 185 Å². The minimum absolute atomic E-state index is 0.220. The highest BCUT2D eigenvalue weighted by molar-refractivity contribution is 5.67. The fourth-order valence-electron chi connectivity index (χ4n) is 4.31. The number of rotatable bonds is 8. The van der Waals surface area contributed by atoms with Crippen molar-refractivity contribution in [2.45, 2.75) is 44.1 Å². The third kappa shape index (κ3) is 5.62. The molecule has 0 saturated carbocycles. The summed E-state index contributed by atoms with van der Waals surface area (Å²) in [7, 11) is 0. The zero-order chi connectivity index (χ0) is 22.5. The van der Waals surface area contributed by atoms with Gasteiger partial charge in [-0.2, -0.15) is 13.9 Å². The number of hydrogen-bond acceptors (Lipinski definition) is 6. The number of amides is 1. The van der Waals surface area contributed by atoms with Crippen LogP contribution in [0.15, 0.2) is 36.7 Å². The molecule has 1 aromatic heterocycles. The monoisotopic (exact) mass is 449 g/mol. The topological polar surface area (TPSA) is 100 Å². The molecule has 0 bridgehead atoms. The van der Waals surface area contributed by atoms with Crippen LogP contribution in [0.4, 0.5) is 13.6 Å². The highest BCUT2D eigenvalue weighted by Gasteiger charge is 2.37. The first-order chi connectivity index (χ1) is 15.5. The molecule has 0 aliphatic carbocycles. The molecule has 32 heavy (non-hydrogen) atoms. The maximum Gasteiger partial charge on any atom is 0.407 e. The lowest BCUT2D eigenvalue weighted by Gasteiger charge is -2.22. The normalized spacial score (nSPS) is 25.4. The summed E-state index contributed by atoms with van der Waals surface area (Å²) in [6, 6.07) is 7.26. The number of aromatic nitrogens is 2. The minimum Gasteiger partial charge on any atom is -0.442 e. The number of carbonyl (C=O) groups excluding carboxylic acids is 1. The second kappa shape index (κ2) is 10.4. The number of nitrogens with one attached hydrogen (secondary N) is 3. The molecule has 2 aliphatic heterocycles. The SMILES string of the molecule is O=C(NCC[C@@H]1CCNC1)O[C@@H]1[C@@H](O)CN[C@@H]1Cc1ccc(-c2cnn(C(F)F)c2)cc1. The van der Waals surface area contributed by atoms with Gasteiger partial charge in [0, 0.05) is 24.8 Å². The van der Waals surface area contributed by atoms with Crippen LogP contribution in [0.3, 0.4) is 0 Å². The third-order valence-electron chi connectivity index (χ3n) is 6.14. The van der Waals surface area contributed by atoms with Gasteiger partial charge < -0.3 is 25.8 Å². The Bertz CT molecular complexity index is 886. The van der Waals surface area contributed by atoms with Crippen molar-refractivity contribution in [1.29, 1.82) is 0 Å². The molecular weight excluding hydrogens is 420 g/mol. The van der Waals surface area contributed by atoms with E-state index in [-0.39, 0.29) is 6.04 Å². The number of ether oxygens (including phenoxy) is 1. The lowest BCUT2D eigenvalue weighted by Crippen LogP contribution is -2.41. The van der Waals surface area contributed by atoms with E-state index in [4.69, 9.17) is 4.74 Å². The van der Waals surface area contributed by atoms with Gasteiger partial charge in [-0.15, -0.1) is 0 Å². The fraction of sp³-hybridized carbons (Fsp3) is 0.545. The lowest BCUT2D eigenvalue weighted by atomic mass is 9.99. The molecule has 0 spiro atoms. The number of aliphatic hydroxyl groups excluding tert-OH is 1. The van der Waals surface area contributed by atoms with Crippen molar-refractivity contribution < 1.29 is 23.4 Å². The average molecular weight is 450 g/mol. The second-order valence-corrected chi connectivity index (χ2v) is 8.41. The predicted octanol–water partition coefficient (Wildman–Crippen LogP) is 1.91. The molecule has 1 aromatic carbocycles. The Morgan fingerprint density at radius 1 is 1.28 bits per heavy atom. The Morgan fingerprint density at radius 2 is 2.09 bits per heavy atom. The van der Waals surface area contributed by atoms with Gasteiger partial charge in [-0.1, -0.05) is 24.3 Å². The summed E-state index contributed by atoms with van der Waals surface area (Å²) in [5, 5.41) is 23.2. The Hall–Kier alpha value is -2.56. The van der Waals surface area contributed by atoms with Crippen molar-refractivity contribution in [2.24, 2.45) is 5.92 Å². The van der Waals surface area contributed by atoms with E-state index in [1.54, 1.807) is 0 Å². The minimum atomic E-state index is -2.67. The van der Waals surface area contributed by atoms with Crippen LogP contribution >= 0.6 is 0 Å². The number of alkyl halides is 2. The molecule has 1 amide bonds. The van der Waals surface area contributed by atoms with E-state index in [0.29, 0.717) is 35.7 Å². The van der Waals surface area contributed by atoms with Crippen molar-refractivity contribution in [3.8, 4) is 11.1 Å². The van der Waals surface area contributed by atoms with Gasteiger partial charge in [-0.05, 0) is 49.4 Å². The molecule has 4 N–H and O–H groups in total. The van der Waals surface area contributed by atoms with Crippen LogP contribution in [0.2, 0.25) is 0 Å². The number of β-amino-alcohol motifs (C(OH)–C–C–N with tert-alkyl or cyclic N) is 1. The molecule has 4 atom stereocenters. The fourth-order valence-corrected chi connectivity index (χ4v) is 4.31. The van der Waals surface area contributed by atoms with Crippen molar-refractivity contribution >= 4 is 6.09 Å². The lowest BCUT2D eigenvalue weighted by molar-refractivity contribution is 0.0189. The molecule has 0 radical (unpaired) electrons. The van der Waals surface area contributed by atoms with Gasteiger partial charge in [-0.3, -0.25) is 0 Å². The van der Waals surface area contributed by atoms with E-state index in [0.717, 1.165) is 37.1 Å². The molecule has 2 aromatic rings. The first kappa shape index (κ1) is 22.6. The van der Waals surface area contributed by atoms with Crippen molar-refractivity contribution in [3.05, 3.63) is 42.2 Å². The molecule has 3 heterocycles. The predicted molar refractivity (Wildman–Crippen MR) is 114 cm³/mol. The standard InChI is InChI=1S/C22H29F2N5O3/c23-21(24)29-13-17(11-28-29)16-3-1-14(2-4-16)9-18-20(19(30)12-27-18)32-22(31)26-8-6-15-5-7-25-10-15/h1-4,11,13,15,18-21,25,27,30H,5-10,12H2,(H,26,31)/t15-,18+,19-,20-/m0/s1. The van der Waals surface area contributed by atoms with E-state index in [1.165, 1.54) is 12.4 Å². The zero-order valence-corrected chi connectivity index (χ0v) is 17.7. The third-order valence-corrected chi connectivity index (χ3v) is 6.14. The summed E-state index contributed by atoms with van der Waals surface area (Å²) < 4.78 is 31.6. The van der Waals surface area contributed by atoms with Crippen LogP contribution in [-0.2, 0) is 11.2 Å². The van der Waals surface area contributed by atoms with E-state index in [9.17, 15) is 18.7 Å². The van der Waals surface area contributed by atoms with Gasteiger partial charge in [0.15, 0.2) is 0 Å². The molecular formula is C22H29F2N5O3. The van der Waals surface area contributed by atoms with Crippen molar-refractivity contribution in [1.82, 2.24) is 25.7 Å². The zero-order valence-electron chi connectivity index (χ0n) is 17.7. The van der Waals surface area contributed by atoms with Crippen LogP contribution in [0.5, 0.6) is 0 Å². The average Bonchev–Trinajstić information content (AvgIpc) is 3.53.